The molecule has 0 amide bonds. The fraction of sp³-hybridized carbons (Fsp3) is 0.250. The van der Waals surface area contributed by atoms with Crippen molar-refractivity contribution in [1.82, 2.24) is 0 Å². The Labute approximate surface area is 122 Å². The molecule has 18 heavy (non-hydrogen) atoms. The van der Waals surface area contributed by atoms with Gasteiger partial charge in [0.05, 0.1) is 5.38 Å². The number of hydrogen-bond acceptors (Lipinski definition) is 0. The Morgan fingerprint density at radius 3 is 2.06 bits per heavy atom. The first-order chi connectivity index (χ1) is 8.58. The fourth-order valence-electron chi connectivity index (χ4n) is 1.91. The molecule has 2 aromatic carbocycles. The van der Waals surface area contributed by atoms with E-state index in [1.165, 1.54) is 5.56 Å². The summed E-state index contributed by atoms with van der Waals surface area (Å²) < 4.78 is 1.06. The fourth-order valence-corrected chi connectivity index (χ4v) is 2.60. The third kappa shape index (κ3) is 3.15. The molecule has 0 fully saturated rings. The molecule has 1 unspecified atom stereocenters. The summed E-state index contributed by atoms with van der Waals surface area (Å²) >= 11 is 9.99. The Hall–Kier alpha value is -0.790. The molecular weight excluding hydrogens is 308 g/mol. The molecule has 94 valence electrons. The van der Waals surface area contributed by atoms with Gasteiger partial charge in [-0.3, -0.25) is 0 Å². The Bertz CT molecular complexity index is 517. The minimum atomic E-state index is -0.0938. The van der Waals surface area contributed by atoms with Crippen LogP contribution < -0.4 is 0 Å². The number of hydrogen-bond donors (Lipinski definition) is 0. The van der Waals surface area contributed by atoms with E-state index in [0.717, 1.165) is 15.6 Å². The lowest BCUT2D eigenvalue weighted by Crippen LogP contribution is -1.94. The first-order valence-corrected chi connectivity index (χ1v) is 7.30. The lowest BCUT2D eigenvalue weighted by Gasteiger charge is -2.12. The predicted molar refractivity (Wildman–Crippen MR) is 82.4 cm³/mol. The maximum absolute atomic E-state index is 6.51. The van der Waals surface area contributed by atoms with Crippen molar-refractivity contribution in [3.8, 4) is 0 Å². The number of rotatable bonds is 3. The highest BCUT2D eigenvalue weighted by molar-refractivity contribution is 9.10. The van der Waals surface area contributed by atoms with E-state index < -0.39 is 0 Å². The minimum absolute atomic E-state index is 0.0938. The lowest BCUT2D eigenvalue weighted by molar-refractivity contribution is 0.865. The zero-order valence-electron chi connectivity index (χ0n) is 10.5. The first kappa shape index (κ1) is 13.6. The van der Waals surface area contributed by atoms with Crippen LogP contribution in [-0.2, 0) is 0 Å². The normalized spacial score (nSPS) is 12.7. The zero-order chi connectivity index (χ0) is 13.1. The first-order valence-electron chi connectivity index (χ1n) is 6.07. The van der Waals surface area contributed by atoms with Gasteiger partial charge in [-0.2, -0.15) is 0 Å². The van der Waals surface area contributed by atoms with Crippen LogP contribution in [0.4, 0.5) is 0 Å². The summed E-state index contributed by atoms with van der Waals surface area (Å²) in [6.45, 7) is 4.39. The predicted octanol–water partition coefficient (Wildman–Crippen LogP) is 5.90. The molecule has 0 saturated carbocycles. The van der Waals surface area contributed by atoms with Crippen molar-refractivity contribution in [1.29, 1.82) is 0 Å². The molecule has 0 saturated heterocycles. The van der Waals surface area contributed by atoms with Crippen molar-refractivity contribution in [2.45, 2.75) is 25.1 Å². The Morgan fingerprint density at radius 2 is 1.50 bits per heavy atom. The van der Waals surface area contributed by atoms with Crippen molar-refractivity contribution in [3.05, 3.63) is 69.7 Å². The second kappa shape index (κ2) is 5.90. The van der Waals surface area contributed by atoms with E-state index in [1.54, 1.807) is 0 Å². The van der Waals surface area contributed by atoms with Gasteiger partial charge in [0, 0.05) is 4.47 Å². The average molecular weight is 324 g/mol. The second-order valence-electron chi connectivity index (χ2n) is 4.74. The SMILES string of the molecule is CC(C)c1ccc(C(Cl)c2cccc(Br)c2)cc1. The highest BCUT2D eigenvalue weighted by atomic mass is 79.9. The molecule has 0 aliphatic rings. The van der Waals surface area contributed by atoms with Gasteiger partial charge in [0.1, 0.15) is 0 Å². The maximum Gasteiger partial charge on any atom is 0.0835 e. The minimum Gasteiger partial charge on any atom is -0.113 e. The average Bonchev–Trinajstić information content (AvgIpc) is 2.38. The van der Waals surface area contributed by atoms with Gasteiger partial charge in [-0.25, -0.2) is 0 Å². The van der Waals surface area contributed by atoms with E-state index in [0.29, 0.717) is 5.92 Å². The van der Waals surface area contributed by atoms with Gasteiger partial charge in [-0.15, -0.1) is 11.6 Å². The summed E-state index contributed by atoms with van der Waals surface area (Å²) in [5, 5.41) is -0.0938. The summed E-state index contributed by atoms with van der Waals surface area (Å²) in [5.41, 5.74) is 3.60. The number of benzene rings is 2. The molecule has 0 radical (unpaired) electrons. The van der Waals surface area contributed by atoms with Gasteiger partial charge in [-0.05, 0) is 34.7 Å². The Kier molecular flexibility index (Phi) is 4.47. The molecule has 0 spiro atoms. The molecule has 0 nitrogen and oxygen atoms in total. The van der Waals surface area contributed by atoms with Gasteiger partial charge in [0.15, 0.2) is 0 Å². The molecule has 0 aromatic heterocycles. The molecule has 0 bridgehead atoms. The highest BCUT2D eigenvalue weighted by Gasteiger charge is 2.11. The van der Waals surface area contributed by atoms with Crippen molar-refractivity contribution < 1.29 is 0 Å². The van der Waals surface area contributed by atoms with Crippen LogP contribution in [0.25, 0.3) is 0 Å². The van der Waals surface area contributed by atoms with Gasteiger partial charge < -0.3 is 0 Å². The standard InChI is InChI=1S/C16H16BrCl/c1-11(2)12-6-8-13(9-7-12)16(18)14-4-3-5-15(17)10-14/h3-11,16H,1-2H3. The third-order valence-electron chi connectivity index (χ3n) is 3.04. The van der Waals surface area contributed by atoms with Crippen LogP contribution in [0.1, 0.15) is 41.8 Å². The van der Waals surface area contributed by atoms with Crippen molar-refractivity contribution in [2.75, 3.05) is 0 Å². The van der Waals surface area contributed by atoms with E-state index in [-0.39, 0.29) is 5.38 Å². The number of halogens is 2. The van der Waals surface area contributed by atoms with Crippen LogP contribution in [0.2, 0.25) is 0 Å². The quantitative estimate of drug-likeness (QED) is 0.617. The molecule has 1 atom stereocenters. The molecule has 0 aliphatic heterocycles. The number of alkyl halides is 1. The van der Waals surface area contributed by atoms with Gasteiger partial charge in [-0.1, -0.05) is 66.2 Å². The van der Waals surface area contributed by atoms with Crippen LogP contribution in [0, 0.1) is 0 Å². The summed E-state index contributed by atoms with van der Waals surface area (Å²) in [7, 11) is 0. The van der Waals surface area contributed by atoms with E-state index in [4.69, 9.17) is 11.6 Å². The van der Waals surface area contributed by atoms with Crippen LogP contribution in [-0.4, -0.2) is 0 Å². The smallest absolute Gasteiger partial charge is 0.0835 e. The largest absolute Gasteiger partial charge is 0.113 e. The molecule has 2 aromatic rings. The highest BCUT2D eigenvalue weighted by Crippen LogP contribution is 2.31. The van der Waals surface area contributed by atoms with E-state index >= 15 is 0 Å². The summed E-state index contributed by atoms with van der Waals surface area (Å²) in [6.07, 6.45) is 0. The van der Waals surface area contributed by atoms with Crippen molar-refractivity contribution in [3.63, 3.8) is 0 Å². The van der Waals surface area contributed by atoms with Gasteiger partial charge in [0.25, 0.3) is 0 Å². The van der Waals surface area contributed by atoms with Gasteiger partial charge in [0.2, 0.25) is 0 Å². The molecule has 2 heteroatoms. The van der Waals surface area contributed by atoms with Crippen LogP contribution in [0.5, 0.6) is 0 Å². The topological polar surface area (TPSA) is 0 Å². The van der Waals surface area contributed by atoms with Crippen molar-refractivity contribution in [2.24, 2.45) is 0 Å². The van der Waals surface area contributed by atoms with Crippen LogP contribution in [0.3, 0.4) is 0 Å². The maximum atomic E-state index is 6.51. The zero-order valence-corrected chi connectivity index (χ0v) is 12.9. The molecule has 0 heterocycles. The van der Waals surface area contributed by atoms with Crippen LogP contribution in [0.15, 0.2) is 53.0 Å². The van der Waals surface area contributed by atoms with E-state index in [2.05, 4.69) is 66.2 Å². The Morgan fingerprint density at radius 1 is 0.889 bits per heavy atom. The summed E-state index contributed by atoms with van der Waals surface area (Å²) in [5.74, 6) is 0.554. The third-order valence-corrected chi connectivity index (χ3v) is 4.03. The Balaban J connectivity index is 2.26. The van der Waals surface area contributed by atoms with E-state index in [1.807, 2.05) is 12.1 Å². The molecule has 0 N–H and O–H groups in total. The lowest BCUT2D eigenvalue weighted by atomic mass is 9.98. The molecule has 2 rings (SSSR count). The van der Waals surface area contributed by atoms with E-state index in [9.17, 15) is 0 Å². The monoisotopic (exact) mass is 322 g/mol. The summed E-state index contributed by atoms with van der Waals surface area (Å²) in [4.78, 5) is 0. The summed E-state index contributed by atoms with van der Waals surface area (Å²) in [6, 6.07) is 16.7. The second-order valence-corrected chi connectivity index (χ2v) is 6.09. The molecule has 0 aliphatic carbocycles. The molecular formula is C16H16BrCl. The van der Waals surface area contributed by atoms with Gasteiger partial charge >= 0.3 is 0 Å². The van der Waals surface area contributed by atoms with Crippen molar-refractivity contribution >= 4 is 27.5 Å². The van der Waals surface area contributed by atoms with Crippen LogP contribution >= 0.6 is 27.5 Å².